The fraction of sp³-hybridized carbons (Fsp3) is 0.318. The number of amides is 1. The second-order valence-electron chi connectivity index (χ2n) is 7.16. The molecule has 0 fully saturated rings. The lowest BCUT2D eigenvalue weighted by molar-refractivity contribution is -0.119. The largest absolute Gasteiger partial charge is 0.310 e. The van der Waals surface area contributed by atoms with E-state index in [1.165, 1.54) is 5.56 Å². The van der Waals surface area contributed by atoms with Gasteiger partial charge in [-0.1, -0.05) is 30.3 Å². The summed E-state index contributed by atoms with van der Waals surface area (Å²) in [4.78, 5) is 34.3. The predicted molar refractivity (Wildman–Crippen MR) is 107 cm³/mol. The van der Waals surface area contributed by atoms with E-state index in [0.29, 0.717) is 36.0 Å². The number of aromatic nitrogens is 2. The third kappa shape index (κ3) is 3.50. The first-order chi connectivity index (χ1) is 13.1. The van der Waals surface area contributed by atoms with E-state index in [0.717, 1.165) is 18.5 Å². The van der Waals surface area contributed by atoms with Gasteiger partial charge in [0.1, 0.15) is 5.82 Å². The molecule has 1 N–H and O–H groups in total. The molecule has 1 aliphatic heterocycles. The lowest BCUT2D eigenvalue weighted by Crippen LogP contribution is -2.42. The Morgan fingerprint density at radius 3 is 2.85 bits per heavy atom. The Labute approximate surface area is 158 Å². The van der Waals surface area contributed by atoms with Gasteiger partial charge in [-0.25, -0.2) is 4.98 Å². The van der Waals surface area contributed by atoms with Gasteiger partial charge in [0.2, 0.25) is 5.91 Å². The van der Waals surface area contributed by atoms with Gasteiger partial charge >= 0.3 is 0 Å². The molecule has 0 aliphatic carbocycles. The minimum absolute atomic E-state index is 0.125. The molecule has 2 heterocycles. The summed E-state index contributed by atoms with van der Waals surface area (Å²) in [6, 6.07) is 15.7. The molecule has 0 radical (unpaired) electrons. The quantitative estimate of drug-likeness (QED) is 0.772. The van der Waals surface area contributed by atoms with Crippen LogP contribution in [0.15, 0.2) is 53.3 Å². The number of hydrogen-bond donors (Lipinski definition) is 1. The second kappa shape index (κ2) is 7.35. The standard InChI is InChI=1S/C22H23N3O2/c1-15-13-14-16-7-2-5-10-19(16)25(15)21(26)12-6-11-20-23-18-9-4-3-8-17(18)22(27)24-20/h2-5,7-10,15H,6,11-14H2,1H3,(H,23,24,27). The highest BCUT2D eigenvalue weighted by Crippen LogP contribution is 2.31. The lowest BCUT2D eigenvalue weighted by Gasteiger charge is -2.35. The Morgan fingerprint density at radius 2 is 1.96 bits per heavy atom. The van der Waals surface area contributed by atoms with Gasteiger partial charge in [0.05, 0.1) is 10.9 Å². The second-order valence-corrected chi connectivity index (χ2v) is 7.16. The first kappa shape index (κ1) is 17.5. The molecule has 5 nitrogen and oxygen atoms in total. The van der Waals surface area contributed by atoms with Crippen LogP contribution in [0.4, 0.5) is 5.69 Å². The molecule has 4 rings (SSSR count). The molecule has 2 aromatic carbocycles. The normalized spacial score (nSPS) is 16.3. The molecule has 27 heavy (non-hydrogen) atoms. The summed E-state index contributed by atoms with van der Waals surface area (Å²) in [5.74, 6) is 0.774. The number of hydrogen-bond acceptors (Lipinski definition) is 3. The van der Waals surface area contributed by atoms with E-state index < -0.39 is 0 Å². The van der Waals surface area contributed by atoms with Gasteiger partial charge in [-0.05, 0) is 49.9 Å². The van der Waals surface area contributed by atoms with Crippen LogP contribution in [-0.2, 0) is 17.6 Å². The van der Waals surface area contributed by atoms with Crippen molar-refractivity contribution in [3.63, 3.8) is 0 Å². The van der Waals surface area contributed by atoms with Crippen molar-refractivity contribution in [3.8, 4) is 0 Å². The molecule has 1 amide bonds. The Kier molecular flexibility index (Phi) is 4.75. The van der Waals surface area contributed by atoms with E-state index in [1.54, 1.807) is 6.07 Å². The third-order valence-electron chi connectivity index (χ3n) is 5.26. The summed E-state index contributed by atoms with van der Waals surface area (Å²) < 4.78 is 0. The van der Waals surface area contributed by atoms with Crippen molar-refractivity contribution in [1.29, 1.82) is 0 Å². The van der Waals surface area contributed by atoms with Crippen LogP contribution in [0.2, 0.25) is 0 Å². The zero-order valence-electron chi connectivity index (χ0n) is 15.4. The van der Waals surface area contributed by atoms with Gasteiger partial charge < -0.3 is 9.88 Å². The van der Waals surface area contributed by atoms with Crippen LogP contribution in [-0.4, -0.2) is 21.9 Å². The Hall–Kier alpha value is -2.95. The summed E-state index contributed by atoms with van der Waals surface area (Å²) in [6.07, 6.45) is 3.68. The molecule has 1 aromatic heterocycles. The van der Waals surface area contributed by atoms with Crippen LogP contribution in [0.25, 0.3) is 10.9 Å². The topological polar surface area (TPSA) is 66.1 Å². The van der Waals surface area contributed by atoms with E-state index in [4.69, 9.17) is 0 Å². The smallest absolute Gasteiger partial charge is 0.258 e. The minimum atomic E-state index is -0.125. The molecule has 0 saturated carbocycles. The van der Waals surface area contributed by atoms with Crippen LogP contribution in [0.3, 0.4) is 0 Å². The Morgan fingerprint density at radius 1 is 1.19 bits per heavy atom. The van der Waals surface area contributed by atoms with Crippen molar-refractivity contribution in [2.45, 2.75) is 45.1 Å². The number of anilines is 1. The fourth-order valence-electron chi connectivity index (χ4n) is 3.85. The monoisotopic (exact) mass is 361 g/mol. The maximum atomic E-state index is 12.9. The summed E-state index contributed by atoms with van der Waals surface area (Å²) in [5.41, 5.74) is 2.85. The molecular formula is C22H23N3O2. The summed E-state index contributed by atoms with van der Waals surface area (Å²) >= 11 is 0. The summed E-state index contributed by atoms with van der Waals surface area (Å²) in [5, 5.41) is 0.594. The highest BCUT2D eigenvalue weighted by Gasteiger charge is 2.27. The number of aromatic amines is 1. The van der Waals surface area contributed by atoms with Crippen molar-refractivity contribution in [2.75, 3.05) is 4.90 Å². The zero-order chi connectivity index (χ0) is 18.8. The molecule has 1 atom stereocenters. The van der Waals surface area contributed by atoms with E-state index in [2.05, 4.69) is 23.0 Å². The van der Waals surface area contributed by atoms with Gasteiger partial charge in [0, 0.05) is 24.6 Å². The first-order valence-electron chi connectivity index (χ1n) is 9.51. The number of benzene rings is 2. The van der Waals surface area contributed by atoms with Crippen LogP contribution >= 0.6 is 0 Å². The third-order valence-corrected chi connectivity index (χ3v) is 5.26. The fourth-order valence-corrected chi connectivity index (χ4v) is 3.85. The number of rotatable bonds is 4. The number of carbonyl (C=O) groups excluding carboxylic acids is 1. The molecule has 1 aliphatic rings. The predicted octanol–water partition coefficient (Wildman–Crippen LogP) is 3.61. The van der Waals surface area contributed by atoms with E-state index in [9.17, 15) is 9.59 Å². The molecule has 0 spiro atoms. The highest BCUT2D eigenvalue weighted by molar-refractivity contribution is 5.95. The maximum absolute atomic E-state index is 12.9. The molecule has 138 valence electrons. The SMILES string of the molecule is CC1CCc2ccccc2N1C(=O)CCCc1nc2ccccc2c(=O)[nH]1. The number of para-hydroxylation sites is 2. The van der Waals surface area contributed by atoms with Gasteiger partial charge in [-0.3, -0.25) is 9.59 Å². The minimum Gasteiger partial charge on any atom is -0.310 e. The summed E-state index contributed by atoms with van der Waals surface area (Å²) in [6.45, 7) is 2.11. The van der Waals surface area contributed by atoms with Gasteiger partial charge in [0.25, 0.3) is 5.56 Å². The summed E-state index contributed by atoms with van der Waals surface area (Å²) in [7, 11) is 0. The van der Waals surface area contributed by atoms with Gasteiger partial charge in [-0.2, -0.15) is 0 Å². The van der Waals surface area contributed by atoms with Crippen LogP contribution in [0, 0.1) is 0 Å². The van der Waals surface area contributed by atoms with Crippen molar-refractivity contribution in [2.24, 2.45) is 0 Å². The number of nitrogens with zero attached hydrogens (tertiary/aromatic N) is 2. The van der Waals surface area contributed by atoms with Crippen molar-refractivity contribution >= 4 is 22.5 Å². The molecule has 3 aromatic rings. The van der Waals surface area contributed by atoms with E-state index in [-0.39, 0.29) is 17.5 Å². The van der Waals surface area contributed by atoms with Crippen LogP contribution in [0.5, 0.6) is 0 Å². The lowest BCUT2D eigenvalue weighted by atomic mass is 9.96. The average Bonchev–Trinajstić information content (AvgIpc) is 2.68. The molecular weight excluding hydrogens is 338 g/mol. The molecule has 0 saturated heterocycles. The average molecular weight is 361 g/mol. The number of carbonyl (C=O) groups is 1. The zero-order valence-corrected chi connectivity index (χ0v) is 15.4. The highest BCUT2D eigenvalue weighted by atomic mass is 16.2. The van der Waals surface area contributed by atoms with E-state index >= 15 is 0 Å². The van der Waals surface area contributed by atoms with Crippen molar-refractivity contribution in [1.82, 2.24) is 9.97 Å². The number of H-pyrrole nitrogens is 1. The first-order valence-corrected chi connectivity index (χ1v) is 9.51. The Balaban J connectivity index is 1.45. The van der Waals surface area contributed by atoms with Crippen LogP contribution < -0.4 is 10.5 Å². The molecule has 1 unspecified atom stereocenters. The Bertz CT molecular complexity index is 1040. The van der Waals surface area contributed by atoms with E-state index in [1.807, 2.05) is 41.3 Å². The molecule has 0 bridgehead atoms. The van der Waals surface area contributed by atoms with Gasteiger partial charge in [-0.15, -0.1) is 0 Å². The van der Waals surface area contributed by atoms with Crippen molar-refractivity contribution < 1.29 is 4.79 Å². The number of aryl methyl sites for hydroxylation is 2. The number of fused-ring (bicyclic) bond motifs is 2. The number of nitrogens with one attached hydrogen (secondary N) is 1. The van der Waals surface area contributed by atoms with Crippen molar-refractivity contribution in [3.05, 3.63) is 70.3 Å². The van der Waals surface area contributed by atoms with Gasteiger partial charge in [0.15, 0.2) is 0 Å². The maximum Gasteiger partial charge on any atom is 0.258 e. The molecule has 5 heteroatoms. The van der Waals surface area contributed by atoms with Crippen LogP contribution in [0.1, 0.15) is 37.6 Å².